The average molecular weight is 531 g/mol. The van der Waals surface area contributed by atoms with E-state index >= 15 is 0 Å². The van der Waals surface area contributed by atoms with E-state index in [-0.39, 0.29) is 41.8 Å². The minimum absolute atomic E-state index is 0.0170. The Morgan fingerprint density at radius 3 is 2.29 bits per heavy atom. The Hall–Kier alpha value is -2.92. The van der Waals surface area contributed by atoms with Crippen molar-refractivity contribution in [3.8, 4) is 0 Å². The Bertz CT molecular complexity index is 1230. The van der Waals surface area contributed by atoms with E-state index in [1.54, 1.807) is 11.3 Å². The van der Waals surface area contributed by atoms with Gasteiger partial charge in [0.05, 0.1) is 12.0 Å². The fourth-order valence-corrected chi connectivity index (χ4v) is 6.36. The van der Waals surface area contributed by atoms with Gasteiger partial charge in [-0.3, -0.25) is 9.59 Å². The number of carbonyl (C=O) groups excluding carboxylic acids is 2. The highest BCUT2D eigenvalue weighted by atomic mass is 32.1. The van der Waals surface area contributed by atoms with Crippen LogP contribution in [0.2, 0.25) is 0 Å². The van der Waals surface area contributed by atoms with E-state index in [4.69, 9.17) is 0 Å². The van der Waals surface area contributed by atoms with Crippen LogP contribution in [-0.4, -0.2) is 40.7 Å². The fraction of sp³-hybridized carbons (Fsp3) is 0.455. The summed E-state index contributed by atoms with van der Waals surface area (Å²) in [6, 6.07) is 20.7. The first-order valence-electron chi connectivity index (χ1n) is 14.0. The van der Waals surface area contributed by atoms with Crippen molar-refractivity contribution in [2.45, 2.75) is 84.2 Å². The fourth-order valence-electron chi connectivity index (χ4n) is 5.46. The molecule has 202 valence electrons. The summed E-state index contributed by atoms with van der Waals surface area (Å²) in [4.78, 5) is 33.1. The molecule has 0 aliphatic carbocycles. The van der Waals surface area contributed by atoms with Gasteiger partial charge in [0, 0.05) is 17.5 Å². The number of hydrogen-bond donors (Lipinski definition) is 0. The largest absolute Gasteiger partial charge is 0.330 e. The molecule has 2 heterocycles. The standard InChI is InChI=1S/C33H42N2O2S/c1-7-23(3)35(32(37)27(8-2)24-12-10-9-11-13-24)22-30(36)34-20-18-29-28(19-21-38-29)31(34)25-14-16-26(17-15-25)33(4,5)6/h9-17,19,21,23,27,31H,7-8,18,20,22H2,1-6H3/t23-,27-,31-/m0/s1. The van der Waals surface area contributed by atoms with Crippen molar-refractivity contribution < 1.29 is 9.59 Å². The second-order valence-corrected chi connectivity index (χ2v) is 12.5. The Kier molecular flexibility index (Phi) is 8.77. The van der Waals surface area contributed by atoms with Gasteiger partial charge in [-0.15, -0.1) is 11.3 Å². The maximum atomic E-state index is 14.1. The lowest BCUT2D eigenvalue weighted by atomic mass is 9.85. The minimum atomic E-state index is -0.247. The van der Waals surface area contributed by atoms with Crippen LogP contribution in [0.1, 0.15) is 93.5 Å². The molecule has 3 aromatic rings. The Balaban J connectivity index is 1.64. The van der Waals surface area contributed by atoms with Crippen molar-refractivity contribution in [3.63, 3.8) is 0 Å². The zero-order chi connectivity index (χ0) is 27.4. The molecule has 1 aromatic heterocycles. The molecular weight excluding hydrogens is 488 g/mol. The lowest BCUT2D eigenvalue weighted by Crippen LogP contribution is -2.50. The van der Waals surface area contributed by atoms with Crippen LogP contribution in [-0.2, 0) is 21.4 Å². The van der Waals surface area contributed by atoms with E-state index in [1.807, 2.05) is 47.1 Å². The summed E-state index contributed by atoms with van der Waals surface area (Å²) >= 11 is 1.77. The van der Waals surface area contributed by atoms with Gasteiger partial charge < -0.3 is 9.80 Å². The van der Waals surface area contributed by atoms with Gasteiger partial charge in [-0.1, -0.05) is 89.2 Å². The average Bonchev–Trinajstić information content (AvgIpc) is 3.40. The van der Waals surface area contributed by atoms with Crippen molar-refractivity contribution in [2.24, 2.45) is 0 Å². The predicted octanol–water partition coefficient (Wildman–Crippen LogP) is 7.34. The molecule has 0 saturated carbocycles. The van der Waals surface area contributed by atoms with Gasteiger partial charge in [0.2, 0.25) is 11.8 Å². The number of rotatable bonds is 8. The van der Waals surface area contributed by atoms with Crippen LogP contribution in [0.4, 0.5) is 0 Å². The van der Waals surface area contributed by atoms with Crippen molar-refractivity contribution >= 4 is 23.2 Å². The molecule has 4 rings (SSSR count). The Morgan fingerprint density at radius 1 is 1.00 bits per heavy atom. The Morgan fingerprint density at radius 2 is 1.68 bits per heavy atom. The number of fused-ring (bicyclic) bond motifs is 1. The van der Waals surface area contributed by atoms with Gasteiger partial charge in [-0.05, 0) is 65.3 Å². The van der Waals surface area contributed by atoms with Crippen LogP contribution in [0.5, 0.6) is 0 Å². The molecule has 5 heteroatoms. The summed E-state index contributed by atoms with van der Waals surface area (Å²) in [7, 11) is 0. The van der Waals surface area contributed by atoms with E-state index in [0.29, 0.717) is 13.0 Å². The lowest BCUT2D eigenvalue weighted by Gasteiger charge is -2.39. The van der Waals surface area contributed by atoms with Gasteiger partial charge in [0.15, 0.2) is 0 Å². The molecular formula is C33H42N2O2S. The van der Waals surface area contributed by atoms with Crippen LogP contribution >= 0.6 is 11.3 Å². The molecule has 4 nitrogen and oxygen atoms in total. The smallest absolute Gasteiger partial charge is 0.243 e. The SMILES string of the molecule is CC[C@H](C(=O)N(CC(=O)N1CCc2sccc2[C@@H]1c1ccc(C(C)(C)C)cc1)[C@@H](C)CC)c1ccccc1. The first-order chi connectivity index (χ1) is 18.2. The van der Waals surface area contributed by atoms with Gasteiger partial charge >= 0.3 is 0 Å². The van der Waals surface area contributed by atoms with Gasteiger partial charge in [0.1, 0.15) is 6.54 Å². The summed E-state index contributed by atoms with van der Waals surface area (Å²) in [6.45, 7) is 13.6. The van der Waals surface area contributed by atoms with Gasteiger partial charge in [0.25, 0.3) is 0 Å². The van der Waals surface area contributed by atoms with Crippen LogP contribution in [0, 0.1) is 0 Å². The molecule has 0 N–H and O–H groups in total. The van der Waals surface area contributed by atoms with Gasteiger partial charge in [-0.2, -0.15) is 0 Å². The number of amides is 2. The van der Waals surface area contributed by atoms with Crippen LogP contribution in [0.15, 0.2) is 66.0 Å². The molecule has 38 heavy (non-hydrogen) atoms. The quantitative estimate of drug-likeness (QED) is 0.306. The maximum Gasteiger partial charge on any atom is 0.243 e. The summed E-state index contributed by atoms with van der Waals surface area (Å²) < 4.78 is 0. The lowest BCUT2D eigenvalue weighted by molar-refractivity contribution is -0.144. The van der Waals surface area contributed by atoms with E-state index in [0.717, 1.165) is 24.0 Å². The predicted molar refractivity (Wildman–Crippen MR) is 158 cm³/mol. The van der Waals surface area contributed by atoms with Crippen LogP contribution in [0.25, 0.3) is 0 Å². The van der Waals surface area contributed by atoms with Crippen molar-refractivity contribution in [1.82, 2.24) is 9.80 Å². The first kappa shape index (κ1) is 28.1. The number of carbonyl (C=O) groups is 2. The monoisotopic (exact) mass is 530 g/mol. The van der Waals surface area contributed by atoms with Gasteiger partial charge in [-0.25, -0.2) is 0 Å². The van der Waals surface area contributed by atoms with Crippen molar-refractivity contribution in [1.29, 1.82) is 0 Å². The molecule has 2 amide bonds. The summed E-state index contributed by atoms with van der Waals surface area (Å²) in [5.74, 6) is -0.187. The molecule has 0 fully saturated rings. The summed E-state index contributed by atoms with van der Waals surface area (Å²) in [5.41, 5.74) is 4.71. The van der Waals surface area contributed by atoms with E-state index in [9.17, 15) is 9.59 Å². The van der Waals surface area contributed by atoms with Crippen LogP contribution < -0.4 is 0 Å². The normalized spacial score (nSPS) is 17.0. The second-order valence-electron chi connectivity index (χ2n) is 11.5. The number of nitrogens with zero attached hydrogens (tertiary/aromatic N) is 2. The van der Waals surface area contributed by atoms with Crippen molar-refractivity contribution in [3.05, 3.63) is 93.2 Å². The molecule has 0 unspecified atom stereocenters. The van der Waals surface area contributed by atoms with Crippen molar-refractivity contribution in [2.75, 3.05) is 13.1 Å². The number of thiophene rings is 1. The number of benzene rings is 2. The zero-order valence-corrected chi connectivity index (χ0v) is 24.6. The molecule has 0 radical (unpaired) electrons. The minimum Gasteiger partial charge on any atom is -0.330 e. The second kappa shape index (κ2) is 11.9. The maximum absolute atomic E-state index is 14.1. The van der Waals surface area contributed by atoms with E-state index in [2.05, 4.69) is 70.3 Å². The highest BCUT2D eigenvalue weighted by Crippen LogP contribution is 2.39. The molecule has 2 aromatic carbocycles. The van der Waals surface area contributed by atoms with E-state index < -0.39 is 0 Å². The third-order valence-corrected chi connectivity index (χ3v) is 9.00. The molecule has 0 bridgehead atoms. The molecule has 3 atom stereocenters. The summed E-state index contributed by atoms with van der Waals surface area (Å²) in [6.07, 6.45) is 2.36. The zero-order valence-electron chi connectivity index (χ0n) is 23.7. The van der Waals surface area contributed by atoms with Crippen LogP contribution in [0.3, 0.4) is 0 Å². The van der Waals surface area contributed by atoms with E-state index in [1.165, 1.54) is 16.0 Å². The third-order valence-electron chi connectivity index (χ3n) is 8.00. The highest BCUT2D eigenvalue weighted by molar-refractivity contribution is 7.10. The number of hydrogen-bond acceptors (Lipinski definition) is 3. The third kappa shape index (κ3) is 5.88. The molecule has 0 saturated heterocycles. The first-order valence-corrected chi connectivity index (χ1v) is 14.8. The molecule has 0 spiro atoms. The highest BCUT2D eigenvalue weighted by Gasteiger charge is 2.36. The molecule has 1 aliphatic heterocycles. The topological polar surface area (TPSA) is 40.6 Å². The Labute approximate surface area is 232 Å². The summed E-state index contributed by atoms with van der Waals surface area (Å²) in [5, 5.41) is 2.13. The molecule has 1 aliphatic rings.